The first-order valence-corrected chi connectivity index (χ1v) is 5.52. The van der Waals surface area contributed by atoms with E-state index in [9.17, 15) is 9.18 Å². The summed E-state index contributed by atoms with van der Waals surface area (Å²) in [6.45, 7) is 1.59. The summed E-state index contributed by atoms with van der Waals surface area (Å²) < 4.78 is 13.4. The molecule has 1 amide bonds. The molecule has 1 heterocycles. The summed E-state index contributed by atoms with van der Waals surface area (Å²) in [5, 5.41) is 6.01. The van der Waals surface area contributed by atoms with Gasteiger partial charge in [-0.2, -0.15) is 0 Å². The number of amides is 1. The lowest BCUT2D eigenvalue weighted by Gasteiger charge is -2.12. The van der Waals surface area contributed by atoms with Gasteiger partial charge in [0.25, 0.3) is 5.91 Å². The minimum Gasteiger partial charge on any atom is -0.348 e. The fourth-order valence-electron chi connectivity index (χ4n) is 1.75. The quantitative estimate of drug-likeness (QED) is 0.827. The third-order valence-corrected chi connectivity index (χ3v) is 2.90. The minimum absolute atomic E-state index is 0.0585. The van der Waals surface area contributed by atoms with E-state index in [2.05, 4.69) is 10.6 Å². The van der Waals surface area contributed by atoms with Gasteiger partial charge in [-0.1, -0.05) is 17.7 Å². The van der Waals surface area contributed by atoms with Gasteiger partial charge in [0, 0.05) is 12.6 Å². The fraction of sp³-hybridized carbons (Fsp3) is 0.364. The molecule has 16 heavy (non-hydrogen) atoms. The van der Waals surface area contributed by atoms with E-state index in [-0.39, 0.29) is 16.6 Å². The number of carbonyl (C=O) groups is 1. The molecule has 0 saturated carbocycles. The van der Waals surface area contributed by atoms with E-state index in [1.54, 1.807) is 0 Å². The van der Waals surface area contributed by atoms with Crippen LogP contribution in [0.15, 0.2) is 18.2 Å². The molecule has 2 N–H and O–H groups in total. The predicted octanol–water partition coefficient (Wildman–Crippen LogP) is 1.57. The van der Waals surface area contributed by atoms with Crippen LogP contribution < -0.4 is 10.6 Å². The van der Waals surface area contributed by atoms with Gasteiger partial charge in [0.1, 0.15) is 5.82 Å². The van der Waals surface area contributed by atoms with Crippen LogP contribution in [0.4, 0.5) is 4.39 Å². The fourth-order valence-corrected chi connectivity index (χ4v) is 2.00. The number of hydrogen-bond acceptors (Lipinski definition) is 2. The molecule has 86 valence electrons. The zero-order valence-electron chi connectivity index (χ0n) is 8.59. The Morgan fingerprint density at radius 3 is 3.00 bits per heavy atom. The van der Waals surface area contributed by atoms with Crippen molar-refractivity contribution in [1.82, 2.24) is 10.6 Å². The summed E-state index contributed by atoms with van der Waals surface area (Å²) in [7, 11) is 0. The highest BCUT2D eigenvalue weighted by molar-refractivity contribution is 6.33. The van der Waals surface area contributed by atoms with Crippen LogP contribution in [0.2, 0.25) is 5.02 Å². The Balaban J connectivity index is 2.13. The summed E-state index contributed by atoms with van der Waals surface area (Å²) in [5.41, 5.74) is -0.0731. The van der Waals surface area contributed by atoms with E-state index in [0.717, 1.165) is 19.5 Å². The molecule has 5 heteroatoms. The lowest BCUT2D eigenvalue weighted by atomic mass is 10.1. The molecule has 1 atom stereocenters. The normalized spacial score (nSPS) is 19.8. The summed E-state index contributed by atoms with van der Waals surface area (Å²) >= 11 is 5.79. The molecule has 0 bridgehead atoms. The summed E-state index contributed by atoms with van der Waals surface area (Å²) in [4.78, 5) is 11.8. The van der Waals surface area contributed by atoms with Crippen LogP contribution in [0.5, 0.6) is 0 Å². The van der Waals surface area contributed by atoms with Gasteiger partial charge >= 0.3 is 0 Å². The van der Waals surface area contributed by atoms with E-state index in [1.807, 2.05) is 0 Å². The predicted molar refractivity (Wildman–Crippen MR) is 60.2 cm³/mol. The molecular formula is C11H12ClFN2O. The summed E-state index contributed by atoms with van der Waals surface area (Å²) in [6.07, 6.45) is 0.859. The maximum absolute atomic E-state index is 13.4. The van der Waals surface area contributed by atoms with Crippen LogP contribution in [0.3, 0.4) is 0 Å². The van der Waals surface area contributed by atoms with Gasteiger partial charge in [-0.3, -0.25) is 4.79 Å². The van der Waals surface area contributed by atoms with Gasteiger partial charge in [0.15, 0.2) is 0 Å². The van der Waals surface area contributed by atoms with Crippen LogP contribution in [0.1, 0.15) is 16.8 Å². The first kappa shape index (κ1) is 11.4. The van der Waals surface area contributed by atoms with Gasteiger partial charge in [0.05, 0.1) is 10.6 Å². The van der Waals surface area contributed by atoms with E-state index in [4.69, 9.17) is 11.6 Å². The minimum atomic E-state index is -0.587. The summed E-state index contributed by atoms with van der Waals surface area (Å²) in [5.74, 6) is -1.03. The molecule has 0 spiro atoms. The monoisotopic (exact) mass is 242 g/mol. The average Bonchev–Trinajstić information content (AvgIpc) is 2.70. The Kier molecular flexibility index (Phi) is 3.41. The van der Waals surface area contributed by atoms with Crippen molar-refractivity contribution in [1.29, 1.82) is 0 Å². The second-order valence-corrected chi connectivity index (χ2v) is 4.17. The van der Waals surface area contributed by atoms with Crippen molar-refractivity contribution >= 4 is 17.5 Å². The smallest absolute Gasteiger partial charge is 0.256 e. The molecule has 3 nitrogen and oxygen atoms in total. The third kappa shape index (κ3) is 2.33. The molecule has 0 unspecified atom stereocenters. The molecule has 2 rings (SSSR count). The molecule has 0 radical (unpaired) electrons. The zero-order chi connectivity index (χ0) is 11.5. The van der Waals surface area contributed by atoms with E-state index in [0.29, 0.717) is 0 Å². The van der Waals surface area contributed by atoms with Gasteiger partial charge in [-0.05, 0) is 25.1 Å². The molecule has 1 aliphatic rings. The van der Waals surface area contributed by atoms with Crippen molar-refractivity contribution in [3.63, 3.8) is 0 Å². The van der Waals surface area contributed by atoms with Crippen molar-refractivity contribution in [3.05, 3.63) is 34.6 Å². The number of benzene rings is 1. The number of rotatable bonds is 2. The van der Waals surface area contributed by atoms with Crippen molar-refractivity contribution in [2.24, 2.45) is 0 Å². The van der Waals surface area contributed by atoms with Crippen LogP contribution in [0.25, 0.3) is 0 Å². The van der Waals surface area contributed by atoms with Crippen molar-refractivity contribution in [2.75, 3.05) is 13.1 Å². The molecule has 1 fully saturated rings. The Bertz CT molecular complexity index is 385. The van der Waals surface area contributed by atoms with Crippen molar-refractivity contribution in [3.8, 4) is 0 Å². The second kappa shape index (κ2) is 4.80. The summed E-state index contributed by atoms with van der Waals surface area (Å²) in [6, 6.07) is 4.27. The van der Waals surface area contributed by atoms with Crippen LogP contribution in [-0.2, 0) is 0 Å². The molecule has 1 aromatic rings. The van der Waals surface area contributed by atoms with Crippen LogP contribution in [0, 0.1) is 5.82 Å². The van der Waals surface area contributed by atoms with E-state index in [1.165, 1.54) is 18.2 Å². The molecule has 1 aliphatic heterocycles. The second-order valence-electron chi connectivity index (χ2n) is 3.76. The maximum atomic E-state index is 13.4. The Labute approximate surface area is 98.0 Å². The topological polar surface area (TPSA) is 41.1 Å². The largest absolute Gasteiger partial charge is 0.348 e. The molecule has 1 saturated heterocycles. The van der Waals surface area contributed by atoms with Crippen molar-refractivity contribution in [2.45, 2.75) is 12.5 Å². The highest BCUT2D eigenvalue weighted by Crippen LogP contribution is 2.19. The van der Waals surface area contributed by atoms with Crippen LogP contribution in [-0.4, -0.2) is 25.0 Å². The molecule has 1 aromatic carbocycles. The lowest BCUT2D eigenvalue weighted by Crippen LogP contribution is -2.36. The maximum Gasteiger partial charge on any atom is 0.256 e. The first-order valence-electron chi connectivity index (χ1n) is 5.14. The Morgan fingerprint density at radius 1 is 1.56 bits per heavy atom. The van der Waals surface area contributed by atoms with Gasteiger partial charge in [-0.15, -0.1) is 0 Å². The SMILES string of the molecule is O=C(N[C@@H]1CCNC1)c1c(F)cccc1Cl. The number of hydrogen-bond donors (Lipinski definition) is 2. The Hall–Kier alpha value is -1.13. The van der Waals surface area contributed by atoms with E-state index >= 15 is 0 Å². The lowest BCUT2D eigenvalue weighted by molar-refractivity contribution is 0.0936. The number of carbonyl (C=O) groups excluding carboxylic acids is 1. The van der Waals surface area contributed by atoms with Gasteiger partial charge < -0.3 is 10.6 Å². The molecule has 0 aromatic heterocycles. The number of halogens is 2. The van der Waals surface area contributed by atoms with Gasteiger partial charge in [0.2, 0.25) is 0 Å². The number of nitrogens with one attached hydrogen (secondary N) is 2. The van der Waals surface area contributed by atoms with Gasteiger partial charge in [-0.25, -0.2) is 4.39 Å². The average molecular weight is 243 g/mol. The molecule has 0 aliphatic carbocycles. The highest BCUT2D eigenvalue weighted by atomic mass is 35.5. The molecular weight excluding hydrogens is 231 g/mol. The zero-order valence-corrected chi connectivity index (χ0v) is 9.35. The van der Waals surface area contributed by atoms with E-state index < -0.39 is 11.7 Å². The van der Waals surface area contributed by atoms with Crippen LogP contribution >= 0.6 is 11.6 Å². The standard InChI is InChI=1S/C11H12ClFN2O/c12-8-2-1-3-9(13)10(8)11(16)15-7-4-5-14-6-7/h1-3,7,14H,4-6H2,(H,15,16)/t7-/m1/s1. The highest BCUT2D eigenvalue weighted by Gasteiger charge is 2.21. The Morgan fingerprint density at radius 2 is 2.38 bits per heavy atom. The van der Waals surface area contributed by atoms with Crippen molar-refractivity contribution < 1.29 is 9.18 Å². The first-order chi connectivity index (χ1) is 7.68. The third-order valence-electron chi connectivity index (χ3n) is 2.59.